The number of carbonyl (C=O) groups excluding carboxylic acids is 2. The molecular formula is C32H37N3O6. The highest BCUT2D eigenvalue weighted by Gasteiger charge is 2.46. The van der Waals surface area contributed by atoms with Gasteiger partial charge in [-0.3, -0.25) is 9.59 Å². The van der Waals surface area contributed by atoms with Crippen molar-refractivity contribution < 1.29 is 28.9 Å². The maximum atomic E-state index is 13.5. The third-order valence-electron chi connectivity index (χ3n) is 7.54. The van der Waals surface area contributed by atoms with Crippen LogP contribution in [0.3, 0.4) is 0 Å². The standard InChI is InChI=1S/C32H37N3O6/c1-20(2)10-15-40-26-9-6-22(18-27(26)39-4)29-28(30(36)23-7-8-25-24(17-23)16-21(3)41-25)31(37)32(38)35(29)13-5-12-34-14-11-33-19-34/h6-9,11,14,17-21,29,36H,5,10,12-13,15-16H2,1-4H3/t21-,29-/m0/s1. The molecule has 2 aliphatic rings. The second-order valence-corrected chi connectivity index (χ2v) is 11.0. The molecule has 9 nitrogen and oxygen atoms in total. The second-order valence-electron chi connectivity index (χ2n) is 11.0. The van der Waals surface area contributed by atoms with Crippen molar-refractivity contribution in [1.29, 1.82) is 0 Å². The van der Waals surface area contributed by atoms with Crippen LogP contribution in [-0.2, 0) is 22.6 Å². The van der Waals surface area contributed by atoms with Gasteiger partial charge in [0.15, 0.2) is 11.5 Å². The Balaban J connectivity index is 1.52. The molecule has 0 radical (unpaired) electrons. The summed E-state index contributed by atoms with van der Waals surface area (Å²) in [7, 11) is 1.56. The van der Waals surface area contributed by atoms with E-state index in [9.17, 15) is 14.7 Å². The Hall–Kier alpha value is -4.27. The third kappa shape index (κ3) is 5.94. The van der Waals surface area contributed by atoms with Crippen LogP contribution in [0.4, 0.5) is 0 Å². The summed E-state index contributed by atoms with van der Waals surface area (Å²) in [5, 5.41) is 11.6. The average Bonchev–Trinajstić information content (AvgIpc) is 3.66. The van der Waals surface area contributed by atoms with Gasteiger partial charge in [0.1, 0.15) is 17.6 Å². The van der Waals surface area contributed by atoms with E-state index in [1.165, 1.54) is 4.90 Å². The first-order chi connectivity index (χ1) is 19.8. The molecule has 216 valence electrons. The Morgan fingerprint density at radius 3 is 2.71 bits per heavy atom. The number of aliphatic hydroxyl groups is 1. The topological polar surface area (TPSA) is 103 Å². The van der Waals surface area contributed by atoms with Crippen molar-refractivity contribution in [3.8, 4) is 17.2 Å². The van der Waals surface area contributed by atoms with Crippen molar-refractivity contribution in [2.45, 2.75) is 58.7 Å². The molecule has 0 aliphatic carbocycles. The number of likely N-dealkylation sites (tertiary alicyclic amines) is 1. The zero-order valence-corrected chi connectivity index (χ0v) is 24.0. The summed E-state index contributed by atoms with van der Waals surface area (Å²) < 4.78 is 19.3. The Bertz CT molecular complexity index is 1450. The van der Waals surface area contributed by atoms with Gasteiger partial charge >= 0.3 is 0 Å². The lowest BCUT2D eigenvalue weighted by Gasteiger charge is -2.26. The highest BCUT2D eigenvalue weighted by atomic mass is 16.5. The first kappa shape index (κ1) is 28.3. The van der Waals surface area contributed by atoms with Crippen LogP contribution in [0.25, 0.3) is 5.76 Å². The van der Waals surface area contributed by atoms with E-state index in [0.717, 1.165) is 17.7 Å². The number of fused-ring (bicyclic) bond motifs is 1. The van der Waals surface area contributed by atoms with Crippen molar-refractivity contribution in [2.75, 3.05) is 20.3 Å². The monoisotopic (exact) mass is 559 g/mol. The van der Waals surface area contributed by atoms with E-state index in [4.69, 9.17) is 14.2 Å². The van der Waals surface area contributed by atoms with E-state index < -0.39 is 17.7 Å². The van der Waals surface area contributed by atoms with Crippen LogP contribution in [-0.4, -0.2) is 57.6 Å². The summed E-state index contributed by atoms with van der Waals surface area (Å²) in [6.07, 6.45) is 7.51. The molecule has 3 aromatic rings. The molecule has 2 aromatic carbocycles. The first-order valence-corrected chi connectivity index (χ1v) is 14.1. The Kier molecular flexibility index (Phi) is 8.33. The molecule has 0 saturated carbocycles. The molecule has 1 aromatic heterocycles. The van der Waals surface area contributed by atoms with E-state index >= 15 is 0 Å². The van der Waals surface area contributed by atoms with Crippen LogP contribution in [0, 0.1) is 5.92 Å². The summed E-state index contributed by atoms with van der Waals surface area (Å²) in [6.45, 7) is 7.74. The number of hydrogen-bond donors (Lipinski definition) is 1. The summed E-state index contributed by atoms with van der Waals surface area (Å²) in [4.78, 5) is 32.5. The third-order valence-corrected chi connectivity index (χ3v) is 7.54. The number of rotatable bonds is 11. The minimum Gasteiger partial charge on any atom is -0.507 e. The average molecular weight is 560 g/mol. The van der Waals surface area contributed by atoms with Crippen LogP contribution in [0.2, 0.25) is 0 Å². The Morgan fingerprint density at radius 1 is 1.15 bits per heavy atom. The number of benzene rings is 2. The van der Waals surface area contributed by atoms with E-state index in [1.807, 2.05) is 29.8 Å². The molecule has 0 unspecified atom stereocenters. The van der Waals surface area contributed by atoms with Gasteiger partial charge < -0.3 is 28.8 Å². The van der Waals surface area contributed by atoms with E-state index in [1.54, 1.807) is 43.9 Å². The van der Waals surface area contributed by atoms with Crippen LogP contribution in [0.15, 0.2) is 60.7 Å². The molecule has 3 heterocycles. The number of ketones is 1. The molecule has 5 rings (SSSR count). The van der Waals surface area contributed by atoms with Crippen molar-refractivity contribution in [3.05, 3.63) is 77.4 Å². The molecule has 1 saturated heterocycles. The fourth-order valence-corrected chi connectivity index (χ4v) is 5.40. The van der Waals surface area contributed by atoms with Crippen molar-refractivity contribution in [2.24, 2.45) is 5.92 Å². The molecule has 1 amide bonds. The SMILES string of the molecule is COc1cc([C@H]2C(=C(O)c3ccc4c(c3)C[C@H](C)O4)C(=O)C(=O)N2CCCn2ccnc2)ccc1OCCC(C)C. The highest BCUT2D eigenvalue weighted by molar-refractivity contribution is 6.46. The van der Waals surface area contributed by atoms with E-state index in [-0.39, 0.29) is 17.4 Å². The maximum Gasteiger partial charge on any atom is 0.295 e. The van der Waals surface area contributed by atoms with Gasteiger partial charge in [-0.15, -0.1) is 0 Å². The lowest BCUT2D eigenvalue weighted by atomic mass is 9.94. The fraction of sp³-hybridized carbons (Fsp3) is 0.406. The van der Waals surface area contributed by atoms with Gasteiger partial charge in [0, 0.05) is 37.5 Å². The number of carbonyl (C=O) groups is 2. The molecule has 1 N–H and O–H groups in total. The summed E-state index contributed by atoms with van der Waals surface area (Å²) in [5.74, 6) is 0.789. The van der Waals surface area contributed by atoms with Crippen molar-refractivity contribution in [3.63, 3.8) is 0 Å². The second kappa shape index (κ2) is 12.1. The predicted molar refractivity (Wildman–Crippen MR) is 154 cm³/mol. The largest absolute Gasteiger partial charge is 0.507 e. The molecule has 1 fully saturated rings. The highest BCUT2D eigenvalue weighted by Crippen LogP contribution is 2.43. The number of aliphatic hydroxyl groups excluding tert-OH is 1. The maximum absolute atomic E-state index is 13.5. The van der Waals surface area contributed by atoms with Crippen LogP contribution in [0.1, 0.15) is 56.3 Å². The molecule has 9 heteroatoms. The van der Waals surface area contributed by atoms with E-state index in [0.29, 0.717) is 61.1 Å². The number of aryl methyl sites for hydroxylation is 1. The van der Waals surface area contributed by atoms with Gasteiger partial charge in [-0.25, -0.2) is 4.98 Å². The number of ether oxygens (including phenoxy) is 3. The van der Waals surface area contributed by atoms with Crippen LogP contribution in [0.5, 0.6) is 17.2 Å². The quantitative estimate of drug-likeness (QED) is 0.197. The number of aromatic nitrogens is 2. The number of imidazole rings is 1. The predicted octanol–water partition coefficient (Wildman–Crippen LogP) is 5.15. The van der Waals surface area contributed by atoms with Gasteiger partial charge in [0.2, 0.25) is 0 Å². The lowest BCUT2D eigenvalue weighted by molar-refractivity contribution is -0.139. The molecule has 0 bridgehead atoms. The fourth-order valence-electron chi connectivity index (χ4n) is 5.40. The van der Waals surface area contributed by atoms with Crippen molar-refractivity contribution in [1.82, 2.24) is 14.5 Å². The molecular weight excluding hydrogens is 522 g/mol. The van der Waals surface area contributed by atoms with E-state index in [2.05, 4.69) is 18.8 Å². The van der Waals surface area contributed by atoms with Gasteiger partial charge in [0.05, 0.1) is 31.7 Å². The number of hydrogen-bond acceptors (Lipinski definition) is 7. The van der Waals surface area contributed by atoms with Gasteiger partial charge in [-0.1, -0.05) is 19.9 Å². The van der Waals surface area contributed by atoms with Crippen molar-refractivity contribution >= 4 is 17.4 Å². The molecule has 2 aliphatic heterocycles. The summed E-state index contributed by atoms with van der Waals surface area (Å²) >= 11 is 0. The summed E-state index contributed by atoms with van der Waals surface area (Å²) in [6, 6.07) is 9.99. The molecule has 41 heavy (non-hydrogen) atoms. The lowest BCUT2D eigenvalue weighted by Crippen LogP contribution is -2.31. The summed E-state index contributed by atoms with van der Waals surface area (Å²) in [5.41, 5.74) is 2.14. The first-order valence-electron chi connectivity index (χ1n) is 14.1. The van der Waals surface area contributed by atoms with Gasteiger partial charge in [-0.05, 0) is 67.1 Å². The number of amides is 1. The molecule has 2 atom stereocenters. The van der Waals surface area contributed by atoms with Crippen LogP contribution < -0.4 is 14.2 Å². The Morgan fingerprint density at radius 2 is 1.98 bits per heavy atom. The smallest absolute Gasteiger partial charge is 0.295 e. The van der Waals surface area contributed by atoms with Crippen LogP contribution >= 0.6 is 0 Å². The number of Topliss-reactive ketones (excluding diaryl/α,β-unsaturated/α-hetero) is 1. The molecule has 0 spiro atoms. The minimum absolute atomic E-state index is 0.0391. The van der Waals surface area contributed by atoms with Gasteiger partial charge in [0.25, 0.3) is 11.7 Å². The minimum atomic E-state index is -0.792. The Labute approximate surface area is 240 Å². The zero-order chi connectivity index (χ0) is 29.1. The van der Waals surface area contributed by atoms with Gasteiger partial charge in [-0.2, -0.15) is 0 Å². The normalized spacial score (nSPS) is 19.5. The number of nitrogens with zero attached hydrogens (tertiary/aromatic N) is 3. The number of methoxy groups -OCH3 is 1. The zero-order valence-electron chi connectivity index (χ0n) is 24.0.